The molecule has 0 atom stereocenters. The summed E-state index contributed by atoms with van der Waals surface area (Å²) in [5.41, 5.74) is 2.49. The van der Waals surface area contributed by atoms with Gasteiger partial charge >= 0.3 is 0 Å². The summed E-state index contributed by atoms with van der Waals surface area (Å²) < 4.78 is 0. The quantitative estimate of drug-likeness (QED) is 0.673. The van der Waals surface area contributed by atoms with Crippen molar-refractivity contribution in [3.05, 3.63) is 63.7 Å². The minimum atomic E-state index is -0.498. The summed E-state index contributed by atoms with van der Waals surface area (Å²) in [6.45, 7) is -0.281. The summed E-state index contributed by atoms with van der Waals surface area (Å²) in [7, 11) is 0. The minimum absolute atomic E-state index is 0.0542. The normalized spacial score (nSPS) is 9.89. The molecule has 0 radical (unpaired) electrons. The maximum atomic E-state index is 10.7. The van der Waals surface area contributed by atoms with Crippen molar-refractivity contribution >= 4 is 5.69 Å². The van der Waals surface area contributed by atoms with Gasteiger partial charge in [-0.05, 0) is 34.9 Å². The highest BCUT2D eigenvalue weighted by molar-refractivity contribution is 5.69. The van der Waals surface area contributed by atoms with E-state index in [-0.39, 0.29) is 12.3 Å². The lowest BCUT2D eigenvalue weighted by Gasteiger charge is -2.07. The van der Waals surface area contributed by atoms with Crippen molar-refractivity contribution < 1.29 is 10.0 Å². The molecule has 19 heavy (non-hydrogen) atoms. The Morgan fingerprint density at radius 2 is 1.89 bits per heavy atom. The Kier molecular flexibility index (Phi) is 3.55. The number of hydrogen-bond donors (Lipinski definition) is 1. The van der Waals surface area contributed by atoms with Gasteiger partial charge in [-0.2, -0.15) is 5.26 Å². The molecule has 94 valence electrons. The van der Waals surface area contributed by atoms with Crippen LogP contribution in [0.2, 0.25) is 0 Å². The molecule has 0 bridgehead atoms. The fourth-order valence-electron chi connectivity index (χ4n) is 1.83. The second-order valence-electron chi connectivity index (χ2n) is 3.95. The SMILES string of the molecule is N#Cc1ccc(-c2ccc([N+](=O)[O-])cc2CO)cc1. The molecule has 2 aromatic rings. The molecule has 0 fully saturated rings. The predicted octanol–water partition coefficient (Wildman–Crippen LogP) is 2.63. The largest absolute Gasteiger partial charge is 0.392 e. The number of hydrogen-bond acceptors (Lipinski definition) is 4. The molecule has 0 spiro atoms. The number of nitro groups is 1. The molecule has 1 N–H and O–H groups in total. The standard InChI is InChI=1S/C14H10N2O3/c15-8-10-1-3-11(4-2-10)14-6-5-13(16(18)19)7-12(14)9-17/h1-7,17H,9H2. The second kappa shape index (κ2) is 5.29. The molecule has 5 heteroatoms. The third kappa shape index (κ3) is 2.59. The van der Waals surface area contributed by atoms with Crippen molar-refractivity contribution in [2.75, 3.05) is 0 Å². The molecular weight excluding hydrogens is 244 g/mol. The van der Waals surface area contributed by atoms with Gasteiger partial charge in [-0.15, -0.1) is 0 Å². The number of aliphatic hydroxyl groups excluding tert-OH is 1. The van der Waals surface area contributed by atoms with Crippen LogP contribution in [0.25, 0.3) is 11.1 Å². The highest BCUT2D eigenvalue weighted by Gasteiger charge is 2.11. The lowest BCUT2D eigenvalue weighted by molar-refractivity contribution is -0.384. The second-order valence-corrected chi connectivity index (χ2v) is 3.95. The van der Waals surface area contributed by atoms with Crippen molar-refractivity contribution in [2.24, 2.45) is 0 Å². The fourth-order valence-corrected chi connectivity index (χ4v) is 1.83. The lowest BCUT2D eigenvalue weighted by atomic mass is 9.98. The first-order valence-electron chi connectivity index (χ1n) is 5.54. The van der Waals surface area contributed by atoms with Crippen molar-refractivity contribution in [1.29, 1.82) is 5.26 Å². The van der Waals surface area contributed by atoms with E-state index in [1.165, 1.54) is 12.1 Å². The summed E-state index contributed by atoms with van der Waals surface area (Å²) >= 11 is 0. The average Bonchev–Trinajstić information content (AvgIpc) is 2.46. The number of aliphatic hydroxyl groups is 1. The van der Waals surface area contributed by atoms with E-state index in [2.05, 4.69) is 0 Å². The Hall–Kier alpha value is -2.71. The number of nitro benzene ring substituents is 1. The zero-order valence-corrected chi connectivity index (χ0v) is 9.91. The predicted molar refractivity (Wildman–Crippen MR) is 69.2 cm³/mol. The third-order valence-corrected chi connectivity index (χ3v) is 2.79. The summed E-state index contributed by atoms with van der Waals surface area (Å²) in [4.78, 5) is 10.2. The summed E-state index contributed by atoms with van der Waals surface area (Å²) in [6.07, 6.45) is 0. The average molecular weight is 254 g/mol. The van der Waals surface area contributed by atoms with E-state index in [1.54, 1.807) is 30.3 Å². The van der Waals surface area contributed by atoms with Gasteiger partial charge in [0.1, 0.15) is 0 Å². The molecule has 0 saturated carbocycles. The molecule has 5 nitrogen and oxygen atoms in total. The van der Waals surface area contributed by atoms with Crippen LogP contribution in [0.15, 0.2) is 42.5 Å². The first kappa shape index (κ1) is 12.7. The Labute approximate surface area is 109 Å². The van der Waals surface area contributed by atoms with Gasteiger partial charge in [-0.3, -0.25) is 10.1 Å². The number of nitrogens with zero attached hydrogens (tertiary/aromatic N) is 2. The van der Waals surface area contributed by atoms with Crippen LogP contribution < -0.4 is 0 Å². The highest BCUT2D eigenvalue weighted by atomic mass is 16.6. The van der Waals surface area contributed by atoms with Gasteiger partial charge in [0.05, 0.1) is 23.2 Å². The van der Waals surface area contributed by atoms with E-state index < -0.39 is 4.92 Å². The van der Waals surface area contributed by atoms with Crippen LogP contribution in [0, 0.1) is 21.4 Å². The van der Waals surface area contributed by atoms with Gasteiger partial charge in [0, 0.05) is 12.1 Å². The van der Waals surface area contributed by atoms with Crippen LogP contribution in [-0.4, -0.2) is 10.0 Å². The summed E-state index contributed by atoms with van der Waals surface area (Å²) in [5, 5.41) is 28.7. The van der Waals surface area contributed by atoms with Crippen LogP contribution in [0.4, 0.5) is 5.69 Å². The van der Waals surface area contributed by atoms with Crippen molar-refractivity contribution in [2.45, 2.75) is 6.61 Å². The number of benzene rings is 2. The summed E-state index contributed by atoms with van der Waals surface area (Å²) in [5.74, 6) is 0. The molecule has 2 rings (SSSR count). The van der Waals surface area contributed by atoms with Crippen molar-refractivity contribution in [3.8, 4) is 17.2 Å². The van der Waals surface area contributed by atoms with Crippen LogP contribution >= 0.6 is 0 Å². The van der Waals surface area contributed by atoms with Crippen molar-refractivity contribution in [1.82, 2.24) is 0 Å². The first-order valence-corrected chi connectivity index (χ1v) is 5.54. The van der Waals surface area contributed by atoms with Gasteiger partial charge in [0.15, 0.2) is 0 Å². The van der Waals surface area contributed by atoms with Gasteiger partial charge in [0.25, 0.3) is 5.69 Å². The number of rotatable bonds is 3. The van der Waals surface area contributed by atoms with E-state index in [1.807, 2.05) is 6.07 Å². The van der Waals surface area contributed by atoms with Gasteiger partial charge < -0.3 is 5.11 Å². The zero-order valence-electron chi connectivity index (χ0n) is 9.91. The molecule has 0 aliphatic rings. The molecule has 0 aliphatic heterocycles. The van der Waals surface area contributed by atoms with Crippen LogP contribution in [0.1, 0.15) is 11.1 Å². The Morgan fingerprint density at radius 1 is 1.21 bits per heavy atom. The van der Waals surface area contributed by atoms with Crippen LogP contribution in [0.5, 0.6) is 0 Å². The van der Waals surface area contributed by atoms with E-state index >= 15 is 0 Å². The smallest absolute Gasteiger partial charge is 0.269 e. The molecule has 2 aromatic carbocycles. The van der Waals surface area contributed by atoms with E-state index in [4.69, 9.17) is 5.26 Å². The van der Waals surface area contributed by atoms with E-state index in [0.29, 0.717) is 11.1 Å². The monoisotopic (exact) mass is 254 g/mol. The zero-order chi connectivity index (χ0) is 13.8. The highest BCUT2D eigenvalue weighted by Crippen LogP contribution is 2.27. The first-order chi connectivity index (χ1) is 9.15. The fraction of sp³-hybridized carbons (Fsp3) is 0.0714. The van der Waals surface area contributed by atoms with Gasteiger partial charge in [0.2, 0.25) is 0 Å². The third-order valence-electron chi connectivity index (χ3n) is 2.79. The topological polar surface area (TPSA) is 87.2 Å². The van der Waals surface area contributed by atoms with E-state index in [9.17, 15) is 15.2 Å². The number of nitriles is 1. The Bertz CT molecular complexity index is 657. The Balaban J connectivity index is 2.49. The molecular formula is C14H10N2O3. The van der Waals surface area contributed by atoms with Crippen LogP contribution in [0.3, 0.4) is 0 Å². The molecule has 0 aliphatic carbocycles. The molecule has 0 aromatic heterocycles. The van der Waals surface area contributed by atoms with Crippen molar-refractivity contribution in [3.63, 3.8) is 0 Å². The maximum absolute atomic E-state index is 10.7. The molecule has 0 amide bonds. The lowest BCUT2D eigenvalue weighted by Crippen LogP contribution is -1.94. The van der Waals surface area contributed by atoms with E-state index in [0.717, 1.165) is 11.1 Å². The van der Waals surface area contributed by atoms with Gasteiger partial charge in [-0.25, -0.2) is 0 Å². The minimum Gasteiger partial charge on any atom is -0.392 e. The molecule has 0 unspecified atom stereocenters. The number of non-ortho nitro benzene ring substituents is 1. The summed E-state index contributed by atoms with van der Waals surface area (Å²) in [6, 6.07) is 13.2. The van der Waals surface area contributed by atoms with Crippen LogP contribution in [-0.2, 0) is 6.61 Å². The Morgan fingerprint density at radius 3 is 2.42 bits per heavy atom. The molecule has 0 saturated heterocycles. The maximum Gasteiger partial charge on any atom is 0.269 e. The molecule has 0 heterocycles. The van der Waals surface area contributed by atoms with Gasteiger partial charge in [-0.1, -0.05) is 12.1 Å².